The van der Waals surface area contributed by atoms with E-state index in [2.05, 4.69) is 53.0 Å². The zero-order valence-corrected chi connectivity index (χ0v) is 21.2. The summed E-state index contributed by atoms with van der Waals surface area (Å²) in [5.74, 6) is 3.44. The van der Waals surface area contributed by atoms with Crippen LogP contribution < -0.4 is 0 Å². The number of aliphatic hydroxyl groups is 4. The van der Waals surface area contributed by atoms with E-state index in [0.717, 1.165) is 11.1 Å². The van der Waals surface area contributed by atoms with Gasteiger partial charge in [-0.1, -0.05) is 59.6 Å². The molecular formula is C25H40O6Si. The van der Waals surface area contributed by atoms with Crippen molar-refractivity contribution in [3.63, 3.8) is 0 Å². The summed E-state index contributed by atoms with van der Waals surface area (Å²) in [6.07, 6.45) is -5.66. The van der Waals surface area contributed by atoms with Crippen LogP contribution in [0.3, 0.4) is 0 Å². The van der Waals surface area contributed by atoms with Crippen LogP contribution in [-0.4, -0.2) is 72.4 Å². The van der Waals surface area contributed by atoms with Crippen molar-refractivity contribution in [3.05, 3.63) is 35.4 Å². The molecule has 180 valence electrons. The van der Waals surface area contributed by atoms with Gasteiger partial charge >= 0.3 is 0 Å². The van der Waals surface area contributed by atoms with Gasteiger partial charge in [0.25, 0.3) is 0 Å². The Labute approximate surface area is 193 Å². The summed E-state index contributed by atoms with van der Waals surface area (Å²) in [6, 6.07) is 8.08. The Morgan fingerprint density at radius 3 is 1.97 bits per heavy atom. The second-order valence-electron chi connectivity index (χ2n) is 9.66. The Morgan fingerprint density at radius 2 is 1.47 bits per heavy atom. The Hall–Kier alpha value is -1.24. The van der Waals surface area contributed by atoms with Crippen LogP contribution in [-0.2, 0) is 15.9 Å². The van der Waals surface area contributed by atoms with Crippen LogP contribution in [0.5, 0.6) is 0 Å². The number of hydrogen-bond acceptors (Lipinski definition) is 6. The van der Waals surface area contributed by atoms with Crippen molar-refractivity contribution in [2.75, 3.05) is 13.2 Å². The summed E-state index contributed by atoms with van der Waals surface area (Å²) in [4.78, 5) is 0. The van der Waals surface area contributed by atoms with E-state index in [-0.39, 0.29) is 6.61 Å². The predicted molar refractivity (Wildman–Crippen MR) is 128 cm³/mol. The van der Waals surface area contributed by atoms with E-state index >= 15 is 0 Å². The number of ether oxygens (including phenoxy) is 2. The molecule has 0 saturated carbocycles. The van der Waals surface area contributed by atoms with Gasteiger partial charge in [-0.05, 0) is 40.7 Å². The highest BCUT2D eigenvalue weighted by Gasteiger charge is 2.44. The van der Waals surface area contributed by atoms with Gasteiger partial charge in [0.05, 0.1) is 13.2 Å². The summed E-state index contributed by atoms with van der Waals surface area (Å²) in [6.45, 7) is 13.6. The summed E-state index contributed by atoms with van der Waals surface area (Å²) >= 11 is 0. The molecule has 1 aromatic rings. The highest BCUT2D eigenvalue weighted by Crippen LogP contribution is 2.40. The van der Waals surface area contributed by atoms with Crippen LogP contribution in [0.4, 0.5) is 0 Å². The van der Waals surface area contributed by atoms with Gasteiger partial charge in [-0.3, -0.25) is 0 Å². The number of benzene rings is 1. The lowest BCUT2D eigenvalue weighted by Crippen LogP contribution is -2.59. The third-order valence-electron chi connectivity index (χ3n) is 6.76. The minimum atomic E-state index is -1.77. The standard InChI is InChI=1S/C25H40O6Si/c1-16(2)32(17(3)4,18(5)6)14-12-20-9-7-19(8-10-20)11-13-30-25-24(29)23(28)22(27)21(15-26)31-25/h7-10,16-18,21-29H,11,13,15H2,1-6H3/t21-,22-,23+,24-,25-/m1/s1. The van der Waals surface area contributed by atoms with Gasteiger partial charge in [0, 0.05) is 5.56 Å². The molecule has 1 aromatic carbocycles. The topological polar surface area (TPSA) is 99.4 Å². The molecule has 4 N–H and O–H groups in total. The molecule has 1 heterocycles. The lowest BCUT2D eigenvalue weighted by atomic mass is 9.99. The molecule has 1 fully saturated rings. The predicted octanol–water partition coefficient (Wildman–Crippen LogP) is 2.62. The minimum Gasteiger partial charge on any atom is -0.394 e. The van der Waals surface area contributed by atoms with Crippen LogP contribution in [0, 0.1) is 11.5 Å². The van der Waals surface area contributed by atoms with E-state index < -0.39 is 45.4 Å². The Balaban J connectivity index is 1.99. The van der Waals surface area contributed by atoms with Crippen molar-refractivity contribution in [3.8, 4) is 11.5 Å². The molecule has 0 bridgehead atoms. The van der Waals surface area contributed by atoms with Gasteiger partial charge in [-0.25, -0.2) is 0 Å². The van der Waals surface area contributed by atoms with Crippen molar-refractivity contribution in [2.24, 2.45) is 0 Å². The molecule has 0 radical (unpaired) electrons. The van der Waals surface area contributed by atoms with E-state index in [1.807, 2.05) is 24.3 Å². The molecule has 6 nitrogen and oxygen atoms in total. The maximum Gasteiger partial charge on any atom is 0.186 e. The van der Waals surface area contributed by atoms with Crippen LogP contribution in [0.2, 0.25) is 16.6 Å². The molecule has 1 aliphatic rings. The monoisotopic (exact) mass is 464 g/mol. The Morgan fingerprint density at radius 1 is 0.906 bits per heavy atom. The van der Waals surface area contributed by atoms with Crippen molar-refractivity contribution in [1.82, 2.24) is 0 Å². The molecule has 2 rings (SSSR count). The van der Waals surface area contributed by atoms with Gasteiger partial charge in [0.1, 0.15) is 32.5 Å². The lowest BCUT2D eigenvalue weighted by molar-refractivity contribution is -0.300. The van der Waals surface area contributed by atoms with Gasteiger partial charge in [0.15, 0.2) is 6.29 Å². The van der Waals surface area contributed by atoms with E-state index in [1.165, 1.54) is 0 Å². The first-order valence-electron chi connectivity index (χ1n) is 11.6. The first-order chi connectivity index (χ1) is 15.0. The molecule has 32 heavy (non-hydrogen) atoms. The van der Waals surface area contributed by atoms with Crippen molar-refractivity contribution in [2.45, 2.75) is 95.3 Å². The summed E-state index contributed by atoms with van der Waals surface area (Å²) < 4.78 is 10.9. The highest BCUT2D eigenvalue weighted by molar-refractivity contribution is 6.90. The molecule has 0 amide bonds. The number of aliphatic hydroxyl groups excluding tert-OH is 4. The molecule has 0 aromatic heterocycles. The molecule has 0 aliphatic carbocycles. The molecule has 0 spiro atoms. The third kappa shape index (κ3) is 6.00. The first kappa shape index (κ1) is 27.0. The molecule has 0 unspecified atom stereocenters. The molecule has 1 saturated heterocycles. The molecule has 1 aliphatic heterocycles. The van der Waals surface area contributed by atoms with Gasteiger partial charge in [-0.15, -0.1) is 5.54 Å². The van der Waals surface area contributed by atoms with Crippen LogP contribution in [0.15, 0.2) is 24.3 Å². The first-order valence-corrected chi connectivity index (χ1v) is 13.8. The molecule has 5 atom stereocenters. The SMILES string of the molecule is CC(C)[Si](C#Cc1ccc(CCO[C@@H]2O[C@H](CO)[C@@H](O)[C@H](O)[C@H]2O)cc1)(C(C)C)C(C)C. The Bertz CT molecular complexity index is 743. The van der Waals surface area contributed by atoms with E-state index in [4.69, 9.17) is 9.47 Å². The fraction of sp³-hybridized carbons (Fsp3) is 0.680. The molecule has 7 heteroatoms. The highest BCUT2D eigenvalue weighted by atomic mass is 28.3. The third-order valence-corrected chi connectivity index (χ3v) is 13.1. The largest absolute Gasteiger partial charge is 0.394 e. The smallest absolute Gasteiger partial charge is 0.186 e. The second kappa shape index (κ2) is 11.8. The second-order valence-corrected chi connectivity index (χ2v) is 15.2. The average molecular weight is 465 g/mol. The van der Waals surface area contributed by atoms with Crippen LogP contribution >= 0.6 is 0 Å². The van der Waals surface area contributed by atoms with E-state index in [1.54, 1.807) is 0 Å². The number of rotatable bonds is 8. The van der Waals surface area contributed by atoms with Crippen LogP contribution in [0.25, 0.3) is 0 Å². The lowest BCUT2D eigenvalue weighted by Gasteiger charge is -2.39. The maximum absolute atomic E-state index is 10.0. The zero-order chi connectivity index (χ0) is 24.1. The Kier molecular flexibility index (Phi) is 9.92. The summed E-state index contributed by atoms with van der Waals surface area (Å²) in [5, 5.41) is 39.0. The normalized spacial score (nSPS) is 26.5. The zero-order valence-electron chi connectivity index (χ0n) is 20.2. The number of hydrogen-bond donors (Lipinski definition) is 4. The minimum absolute atomic E-state index is 0.262. The quantitative estimate of drug-likeness (QED) is 0.349. The van der Waals surface area contributed by atoms with Crippen molar-refractivity contribution in [1.29, 1.82) is 0 Å². The van der Waals surface area contributed by atoms with E-state index in [0.29, 0.717) is 23.0 Å². The summed E-state index contributed by atoms with van der Waals surface area (Å²) in [5.41, 5.74) is 7.56. The van der Waals surface area contributed by atoms with Crippen molar-refractivity contribution >= 4 is 8.07 Å². The van der Waals surface area contributed by atoms with Gasteiger partial charge < -0.3 is 29.9 Å². The fourth-order valence-electron chi connectivity index (χ4n) is 4.87. The maximum atomic E-state index is 10.0. The van der Waals surface area contributed by atoms with Crippen molar-refractivity contribution < 1.29 is 29.9 Å². The average Bonchev–Trinajstić information content (AvgIpc) is 2.74. The van der Waals surface area contributed by atoms with E-state index in [9.17, 15) is 20.4 Å². The van der Waals surface area contributed by atoms with Crippen LogP contribution in [0.1, 0.15) is 52.7 Å². The van der Waals surface area contributed by atoms with Gasteiger partial charge in [0.2, 0.25) is 0 Å². The summed E-state index contributed by atoms with van der Waals surface area (Å²) in [7, 11) is -1.77. The molecular weight excluding hydrogens is 424 g/mol. The van der Waals surface area contributed by atoms with Gasteiger partial charge in [-0.2, -0.15) is 0 Å². The fourth-order valence-corrected chi connectivity index (χ4v) is 10.1.